The van der Waals surface area contributed by atoms with Crippen LogP contribution >= 0.6 is 11.3 Å². The van der Waals surface area contributed by atoms with Gasteiger partial charge in [-0.2, -0.15) is 0 Å². The van der Waals surface area contributed by atoms with Crippen molar-refractivity contribution >= 4 is 126 Å². The normalized spacial score (nSPS) is 13.4. The second kappa shape index (κ2) is 14.4. The summed E-state index contributed by atoms with van der Waals surface area (Å²) in [4.78, 5) is 2.65. The first-order valence-corrected chi connectivity index (χ1v) is 25.9. The zero-order chi connectivity index (χ0) is 47.7. The van der Waals surface area contributed by atoms with E-state index in [1.807, 2.05) is 11.3 Å². The fraction of sp³-hybridized carbons (Fsp3) is 0.121. The van der Waals surface area contributed by atoms with Crippen LogP contribution in [0.1, 0.15) is 52.7 Å². The Kier molecular flexibility index (Phi) is 8.29. The maximum absolute atomic E-state index is 2.65. The molecule has 5 heteroatoms. The Balaban J connectivity index is 1.13. The molecule has 0 radical (unpaired) electrons. The molecule has 5 heterocycles. The lowest BCUT2D eigenvalue weighted by atomic mass is 9.36. The Morgan fingerprint density at radius 3 is 1.85 bits per heavy atom. The predicted molar refractivity (Wildman–Crippen MR) is 308 cm³/mol. The summed E-state index contributed by atoms with van der Waals surface area (Å²) >= 11 is 1.99. The van der Waals surface area contributed by atoms with Crippen molar-refractivity contribution in [3.63, 3.8) is 0 Å². The standard InChI is InChI=1S/C66H50BN3S/c1-65(2,3)43-27-30-46(31-28-43)69-56-35-42(40-26-32-48-41(34-40)25-24-39-16-10-11-19-47(39)48)36-57-60(56)67(64-62(69)52-37-44(66(4,5)6)29-33-58(52)71-64)53-38-51-49-20-12-14-22-54(49)68(45-17-8-7-9-18-45)61(51)59-50-21-13-15-23-55(50)70(57)63(53)59/h7-38H,1-6H3. The van der Waals surface area contributed by atoms with Gasteiger partial charge in [-0.15, -0.1) is 11.3 Å². The van der Waals surface area contributed by atoms with Gasteiger partial charge >= 0.3 is 0 Å². The van der Waals surface area contributed by atoms with Crippen LogP contribution in [0.4, 0.5) is 17.1 Å². The molecule has 0 unspecified atom stereocenters. The molecule has 2 aliphatic rings. The first-order valence-electron chi connectivity index (χ1n) is 25.1. The number of benzene rings is 10. The molecule has 71 heavy (non-hydrogen) atoms. The average Bonchev–Trinajstić information content (AvgIpc) is 4.08. The van der Waals surface area contributed by atoms with Crippen LogP contribution in [0.25, 0.3) is 97.7 Å². The molecule has 0 aliphatic carbocycles. The quantitative estimate of drug-likeness (QED) is 0.127. The van der Waals surface area contributed by atoms with Crippen LogP contribution in [0.2, 0.25) is 0 Å². The van der Waals surface area contributed by atoms with E-state index in [-0.39, 0.29) is 17.5 Å². The third-order valence-electron chi connectivity index (χ3n) is 15.9. The maximum atomic E-state index is 2.65. The lowest BCUT2D eigenvalue weighted by Gasteiger charge is -2.39. The van der Waals surface area contributed by atoms with Gasteiger partial charge in [0.2, 0.25) is 0 Å². The molecule has 0 amide bonds. The van der Waals surface area contributed by atoms with E-state index in [1.54, 1.807) is 0 Å². The molecule has 15 rings (SSSR count). The van der Waals surface area contributed by atoms with Crippen LogP contribution in [-0.2, 0) is 10.8 Å². The molecule has 0 bridgehead atoms. The number of fused-ring (bicyclic) bond motifs is 16. The van der Waals surface area contributed by atoms with E-state index in [1.165, 1.54) is 142 Å². The van der Waals surface area contributed by atoms with Crippen molar-refractivity contribution < 1.29 is 0 Å². The van der Waals surface area contributed by atoms with Crippen molar-refractivity contribution in [3.8, 4) is 22.5 Å². The van der Waals surface area contributed by atoms with Crippen molar-refractivity contribution in [2.24, 2.45) is 0 Å². The van der Waals surface area contributed by atoms with E-state index < -0.39 is 0 Å². The number of aromatic nitrogens is 2. The number of nitrogens with zero attached hydrogens (tertiary/aromatic N) is 3. The number of anilines is 3. The lowest BCUT2D eigenvalue weighted by Crippen LogP contribution is -2.59. The molecular weight excluding hydrogens is 878 g/mol. The number of thiophene rings is 1. The summed E-state index contributed by atoms with van der Waals surface area (Å²) in [5.41, 5.74) is 18.9. The van der Waals surface area contributed by atoms with Gasteiger partial charge in [0.05, 0.1) is 27.8 Å². The summed E-state index contributed by atoms with van der Waals surface area (Å²) < 4.78 is 7.89. The Morgan fingerprint density at radius 2 is 1.07 bits per heavy atom. The average molecular weight is 928 g/mol. The molecule has 0 spiro atoms. The number of rotatable bonds is 3. The van der Waals surface area contributed by atoms with Gasteiger partial charge in [0.15, 0.2) is 0 Å². The molecule has 338 valence electrons. The van der Waals surface area contributed by atoms with Gasteiger partial charge in [0, 0.05) is 59.2 Å². The molecule has 0 saturated carbocycles. The van der Waals surface area contributed by atoms with Crippen LogP contribution in [0.15, 0.2) is 194 Å². The van der Waals surface area contributed by atoms with E-state index >= 15 is 0 Å². The Labute approximate surface area is 417 Å². The third kappa shape index (κ3) is 5.73. The first-order chi connectivity index (χ1) is 34.5. The highest BCUT2D eigenvalue weighted by Gasteiger charge is 2.45. The van der Waals surface area contributed by atoms with E-state index in [4.69, 9.17) is 0 Å². The minimum Gasteiger partial charge on any atom is -0.310 e. The number of para-hydroxylation sites is 3. The van der Waals surface area contributed by atoms with Gasteiger partial charge in [0.1, 0.15) is 0 Å². The van der Waals surface area contributed by atoms with Crippen LogP contribution < -0.4 is 20.6 Å². The molecular formula is C66H50BN3S. The fourth-order valence-corrected chi connectivity index (χ4v) is 13.8. The first kappa shape index (κ1) is 41.0. The van der Waals surface area contributed by atoms with Crippen molar-refractivity contribution in [3.05, 3.63) is 205 Å². The van der Waals surface area contributed by atoms with Crippen LogP contribution in [-0.4, -0.2) is 15.8 Å². The molecule has 0 fully saturated rings. The SMILES string of the molecule is CC(C)(C)c1ccc(N2c3cc(-c4ccc5c(ccc6ccccc65)c4)cc4c3B(c3sc5ccc(C(C)(C)C)cc5c32)c2cc3c5ccccc5n(-c5ccccc5)c3c3c5ccccc5n-4c23)cc1. The summed E-state index contributed by atoms with van der Waals surface area (Å²) in [7, 11) is 0. The zero-order valence-electron chi connectivity index (χ0n) is 40.8. The van der Waals surface area contributed by atoms with Gasteiger partial charge < -0.3 is 14.0 Å². The third-order valence-corrected chi connectivity index (χ3v) is 17.2. The van der Waals surface area contributed by atoms with Crippen LogP contribution in [0.5, 0.6) is 0 Å². The lowest BCUT2D eigenvalue weighted by molar-refractivity contribution is 0.590. The van der Waals surface area contributed by atoms with Crippen molar-refractivity contribution in [1.29, 1.82) is 0 Å². The second-order valence-electron chi connectivity index (χ2n) is 22.1. The molecule has 10 aromatic carbocycles. The summed E-state index contributed by atoms with van der Waals surface area (Å²) in [6.45, 7) is 13.9. The van der Waals surface area contributed by atoms with Gasteiger partial charge in [-0.05, 0) is 132 Å². The number of hydrogen-bond donors (Lipinski definition) is 0. The molecule has 0 N–H and O–H groups in total. The molecule has 13 aromatic rings. The Bertz CT molecular complexity index is 4420. The summed E-state index contributed by atoms with van der Waals surface area (Å²) in [5.74, 6) is 0. The van der Waals surface area contributed by atoms with E-state index in [0.717, 1.165) is 0 Å². The zero-order valence-corrected chi connectivity index (χ0v) is 41.6. The second-order valence-corrected chi connectivity index (χ2v) is 23.2. The van der Waals surface area contributed by atoms with Gasteiger partial charge in [-0.25, -0.2) is 0 Å². The summed E-state index contributed by atoms with van der Waals surface area (Å²) in [6.07, 6.45) is 0. The number of hydrogen-bond acceptors (Lipinski definition) is 2. The maximum Gasteiger partial charge on any atom is 0.264 e. The van der Waals surface area contributed by atoms with Gasteiger partial charge in [0.25, 0.3) is 6.71 Å². The highest BCUT2D eigenvalue weighted by molar-refractivity contribution is 7.33. The van der Waals surface area contributed by atoms with Crippen LogP contribution in [0.3, 0.4) is 0 Å². The van der Waals surface area contributed by atoms with E-state index in [9.17, 15) is 0 Å². The molecule has 3 nitrogen and oxygen atoms in total. The smallest absolute Gasteiger partial charge is 0.264 e. The van der Waals surface area contributed by atoms with E-state index in [2.05, 4.69) is 250 Å². The van der Waals surface area contributed by atoms with Crippen molar-refractivity contribution in [2.45, 2.75) is 52.4 Å². The molecule has 0 atom stereocenters. The molecule has 2 aliphatic heterocycles. The monoisotopic (exact) mass is 927 g/mol. The minimum atomic E-state index is -0.0214. The Morgan fingerprint density at radius 1 is 0.423 bits per heavy atom. The largest absolute Gasteiger partial charge is 0.310 e. The van der Waals surface area contributed by atoms with Gasteiger partial charge in [-0.1, -0.05) is 169 Å². The molecule has 3 aromatic heterocycles. The summed E-state index contributed by atoms with van der Waals surface area (Å²) in [6, 6.07) is 74.1. The Hall–Kier alpha value is -7.86. The molecule has 0 saturated heterocycles. The van der Waals surface area contributed by atoms with E-state index in [0.29, 0.717) is 0 Å². The highest BCUT2D eigenvalue weighted by atomic mass is 32.1. The predicted octanol–water partition coefficient (Wildman–Crippen LogP) is 16.3. The van der Waals surface area contributed by atoms with Crippen LogP contribution in [0, 0.1) is 0 Å². The van der Waals surface area contributed by atoms with Crippen molar-refractivity contribution in [2.75, 3.05) is 4.90 Å². The van der Waals surface area contributed by atoms with Crippen molar-refractivity contribution in [1.82, 2.24) is 9.13 Å². The van der Waals surface area contributed by atoms with Gasteiger partial charge in [-0.3, -0.25) is 0 Å². The topological polar surface area (TPSA) is 13.1 Å². The highest BCUT2D eigenvalue weighted by Crippen LogP contribution is 2.50. The minimum absolute atomic E-state index is 0.0184. The fourth-order valence-electron chi connectivity index (χ4n) is 12.5. The summed E-state index contributed by atoms with van der Waals surface area (Å²) in [5, 5.41) is 11.5.